The summed E-state index contributed by atoms with van der Waals surface area (Å²) >= 11 is 0. The SMILES string of the molecule is c1ccc(-c2nc(-c3cc4c5cccc6c(-c7nc(-c8ccccc8)c8ccccc8n7)ccc(c65)n5c6cc(-c7nc(-c8ccccc8)c8ccccc8n7)ccc6c(c3)c45)nc3ccccc23)cc1. The van der Waals surface area contributed by atoms with E-state index < -0.39 is 0 Å². The minimum Gasteiger partial charge on any atom is -0.308 e. The number of hydrogen-bond acceptors (Lipinski definition) is 6. The van der Waals surface area contributed by atoms with E-state index in [4.69, 9.17) is 29.9 Å². The predicted octanol–water partition coefficient (Wildman–Crippen LogP) is 15.8. The predicted molar refractivity (Wildman–Crippen MR) is 291 cm³/mol. The summed E-state index contributed by atoms with van der Waals surface area (Å²) in [6.45, 7) is 0. The number of benzene rings is 10. The normalized spacial score (nSPS) is 11.9. The quantitative estimate of drug-likeness (QED) is 0.122. The van der Waals surface area contributed by atoms with Gasteiger partial charge < -0.3 is 4.40 Å². The largest absolute Gasteiger partial charge is 0.308 e. The van der Waals surface area contributed by atoms with Crippen molar-refractivity contribution >= 4 is 81.6 Å². The highest BCUT2D eigenvalue weighted by Crippen LogP contribution is 2.46. The van der Waals surface area contributed by atoms with Crippen LogP contribution in [0.25, 0.3) is 150 Å². The standard InChI is InChI=1S/C64H37N7/c1-4-17-38(18-5-1)58-47-23-10-13-28-52(47)65-62(68-58)41-31-32-43-50-35-42(63-66-53-29-14-11-24-48(53)59(69-63)39-19-6-2-7-20-39)36-51-45-27-16-26-44-46(33-34-55(57(44)45)71(61(50)51)56(43)37-41)64-67-54-30-15-12-25-49(54)60(70-64)40-21-8-3-9-22-40/h1-37H. The van der Waals surface area contributed by atoms with Gasteiger partial charge in [0.15, 0.2) is 17.5 Å². The molecule has 5 heterocycles. The minimum atomic E-state index is 0.667. The maximum atomic E-state index is 5.39. The Kier molecular flexibility index (Phi) is 8.52. The van der Waals surface area contributed by atoms with Gasteiger partial charge in [0, 0.05) is 71.1 Å². The summed E-state index contributed by atoms with van der Waals surface area (Å²) in [6, 6.07) is 78.4. The average Bonchev–Trinajstić information content (AvgIpc) is 3.77. The molecule has 15 rings (SSSR count). The van der Waals surface area contributed by atoms with Gasteiger partial charge in [0.25, 0.3) is 0 Å². The molecule has 0 unspecified atom stereocenters. The highest BCUT2D eigenvalue weighted by Gasteiger charge is 2.24. The first kappa shape index (κ1) is 39.3. The molecule has 328 valence electrons. The molecule has 71 heavy (non-hydrogen) atoms. The van der Waals surface area contributed by atoms with Gasteiger partial charge in [0.05, 0.1) is 50.2 Å². The third-order valence-electron chi connectivity index (χ3n) is 14.1. The van der Waals surface area contributed by atoms with E-state index in [1.54, 1.807) is 0 Å². The van der Waals surface area contributed by atoms with Crippen LogP contribution in [0, 0.1) is 0 Å². The molecule has 7 heteroatoms. The van der Waals surface area contributed by atoms with Crippen molar-refractivity contribution in [3.63, 3.8) is 0 Å². The van der Waals surface area contributed by atoms with Gasteiger partial charge in [-0.1, -0.05) is 176 Å². The lowest BCUT2D eigenvalue weighted by molar-refractivity contribution is 1.23. The molecule has 15 aromatic rings. The van der Waals surface area contributed by atoms with Gasteiger partial charge in [-0.2, -0.15) is 0 Å². The van der Waals surface area contributed by atoms with E-state index >= 15 is 0 Å². The fraction of sp³-hybridized carbons (Fsp3) is 0. The fourth-order valence-corrected chi connectivity index (χ4v) is 10.9. The van der Waals surface area contributed by atoms with Crippen LogP contribution >= 0.6 is 0 Å². The molecule has 0 N–H and O–H groups in total. The molecule has 0 saturated heterocycles. The van der Waals surface area contributed by atoms with Crippen LogP contribution in [-0.4, -0.2) is 34.3 Å². The van der Waals surface area contributed by atoms with Gasteiger partial charge in [0.1, 0.15) is 0 Å². The average molecular weight is 904 g/mol. The molecule has 7 nitrogen and oxygen atoms in total. The van der Waals surface area contributed by atoms with Crippen LogP contribution in [0.4, 0.5) is 0 Å². The molecule has 0 spiro atoms. The molecule has 0 fully saturated rings. The van der Waals surface area contributed by atoms with Gasteiger partial charge in [0.2, 0.25) is 0 Å². The third kappa shape index (κ3) is 6.10. The first-order valence-corrected chi connectivity index (χ1v) is 23.9. The van der Waals surface area contributed by atoms with E-state index in [1.165, 1.54) is 0 Å². The van der Waals surface area contributed by atoms with Gasteiger partial charge in [-0.3, -0.25) is 0 Å². The number of pyridine rings is 1. The highest BCUT2D eigenvalue weighted by atomic mass is 14.9. The van der Waals surface area contributed by atoms with Crippen molar-refractivity contribution in [1.82, 2.24) is 34.3 Å². The summed E-state index contributed by atoms with van der Waals surface area (Å²) in [5, 5.41) is 9.67. The van der Waals surface area contributed by atoms with Gasteiger partial charge in [-0.25, -0.2) is 29.9 Å². The number of hydrogen-bond donors (Lipinski definition) is 0. The summed E-state index contributed by atoms with van der Waals surface area (Å²) in [6.07, 6.45) is 0. The van der Waals surface area contributed by atoms with E-state index in [9.17, 15) is 0 Å². The zero-order valence-corrected chi connectivity index (χ0v) is 38.0. The summed E-state index contributed by atoms with van der Waals surface area (Å²) in [7, 11) is 0. The second-order valence-electron chi connectivity index (χ2n) is 18.2. The Morgan fingerprint density at radius 3 is 1.27 bits per heavy atom. The Morgan fingerprint density at radius 1 is 0.254 bits per heavy atom. The molecule has 0 radical (unpaired) electrons. The lowest BCUT2D eigenvalue weighted by Crippen LogP contribution is -1.99. The van der Waals surface area contributed by atoms with Crippen LogP contribution in [0.1, 0.15) is 0 Å². The van der Waals surface area contributed by atoms with Gasteiger partial charge in [-0.05, 0) is 59.3 Å². The van der Waals surface area contributed by atoms with Crippen LogP contribution in [0.15, 0.2) is 224 Å². The molecule has 0 amide bonds. The topological polar surface area (TPSA) is 81.8 Å². The Balaban J connectivity index is 1.04. The number of fused-ring (bicyclic) bond motifs is 8. The van der Waals surface area contributed by atoms with Crippen LogP contribution in [-0.2, 0) is 0 Å². The molecule has 10 aromatic carbocycles. The zero-order valence-electron chi connectivity index (χ0n) is 38.0. The zero-order chi connectivity index (χ0) is 46.6. The molecular weight excluding hydrogens is 867 g/mol. The summed E-state index contributed by atoms with van der Waals surface area (Å²) in [4.78, 5) is 31.9. The van der Waals surface area contributed by atoms with E-state index in [0.29, 0.717) is 17.5 Å². The molecule has 0 aliphatic rings. The molecule has 0 bridgehead atoms. The van der Waals surface area contributed by atoms with E-state index in [2.05, 4.69) is 192 Å². The number of para-hydroxylation sites is 3. The number of nitrogens with zero attached hydrogens (tertiary/aromatic N) is 7. The van der Waals surface area contributed by atoms with Crippen molar-refractivity contribution in [3.05, 3.63) is 224 Å². The second kappa shape index (κ2) is 15.4. The Bertz CT molecular complexity index is 4630. The summed E-state index contributed by atoms with van der Waals surface area (Å²) in [5.41, 5.74) is 14.6. The third-order valence-corrected chi connectivity index (χ3v) is 14.1. The molecule has 0 saturated carbocycles. The first-order chi connectivity index (χ1) is 35.2. The highest BCUT2D eigenvalue weighted by molar-refractivity contribution is 6.29. The maximum absolute atomic E-state index is 5.39. The van der Waals surface area contributed by atoms with E-state index in [-0.39, 0.29) is 0 Å². The Hall–Kier alpha value is -9.72. The van der Waals surface area contributed by atoms with Crippen LogP contribution in [0.3, 0.4) is 0 Å². The Morgan fingerprint density at radius 2 is 0.704 bits per heavy atom. The van der Waals surface area contributed by atoms with E-state index in [0.717, 1.165) is 132 Å². The van der Waals surface area contributed by atoms with Crippen molar-refractivity contribution in [2.75, 3.05) is 0 Å². The number of rotatable bonds is 6. The number of aromatic nitrogens is 7. The van der Waals surface area contributed by atoms with Crippen molar-refractivity contribution < 1.29 is 0 Å². The lowest BCUT2D eigenvalue weighted by Gasteiger charge is -2.17. The molecular formula is C64H37N7. The van der Waals surface area contributed by atoms with Crippen molar-refractivity contribution in [2.45, 2.75) is 0 Å². The molecule has 0 aliphatic carbocycles. The lowest BCUT2D eigenvalue weighted by atomic mass is 9.94. The first-order valence-electron chi connectivity index (χ1n) is 23.9. The molecule has 5 aromatic heterocycles. The molecule has 0 aliphatic heterocycles. The smallest absolute Gasteiger partial charge is 0.161 e. The van der Waals surface area contributed by atoms with Gasteiger partial charge >= 0.3 is 0 Å². The van der Waals surface area contributed by atoms with Crippen LogP contribution < -0.4 is 0 Å². The van der Waals surface area contributed by atoms with Gasteiger partial charge in [-0.15, -0.1) is 0 Å². The van der Waals surface area contributed by atoms with Crippen molar-refractivity contribution in [2.24, 2.45) is 0 Å². The van der Waals surface area contributed by atoms with Crippen molar-refractivity contribution in [1.29, 1.82) is 0 Å². The minimum absolute atomic E-state index is 0.667. The maximum Gasteiger partial charge on any atom is 0.161 e. The molecule has 0 atom stereocenters. The second-order valence-corrected chi connectivity index (χ2v) is 18.2. The fourth-order valence-electron chi connectivity index (χ4n) is 10.9. The van der Waals surface area contributed by atoms with Crippen LogP contribution in [0.2, 0.25) is 0 Å². The summed E-state index contributed by atoms with van der Waals surface area (Å²) in [5.74, 6) is 2.01. The van der Waals surface area contributed by atoms with Crippen LogP contribution in [0.5, 0.6) is 0 Å². The van der Waals surface area contributed by atoms with Crippen molar-refractivity contribution in [3.8, 4) is 67.9 Å². The summed E-state index contributed by atoms with van der Waals surface area (Å²) < 4.78 is 2.44. The monoisotopic (exact) mass is 903 g/mol. The Labute approximate surface area is 406 Å². The van der Waals surface area contributed by atoms with E-state index in [1.807, 2.05) is 36.4 Å².